The van der Waals surface area contributed by atoms with Crippen LogP contribution in [0.1, 0.15) is 20.8 Å². The number of rotatable bonds is 8. The van der Waals surface area contributed by atoms with Gasteiger partial charge in [-0.3, -0.25) is 4.79 Å². The molecule has 0 aromatic heterocycles. The van der Waals surface area contributed by atoms with Gasteiger partial charge in [-0.2, -0.15) is 0 Å². The first-order valence-corrected chi connectivity index (χ1v) is 6.15. The summed E-state index contributed by atoms with van der Waals surface area (Å²) < 4.78 is 14.8. The SMILES string of the molecule is COCCOCC(=O)NCCNC(=O)OC(C)(C)C. The van der Waals surface area contributed by atoms with Crippen LogP contribution in [0, 0.1) is 0 Å². The number of hydrogen-bond acceptors (Lipinski definition) is 5. The van der Waals surface area contributed by atoms with Crippen LogP contribution >= 0.6 is 0 Å². The molecule has 7 nitrogen and oxygen atoms in total. The monoisotopic (exact) mass is 276 g/mol. The van der Waals surface area contributed by atoms with Gasteiger partial charge in [-0.25, -0.2) is 4.79 Å². The number of ether oxygens (including phenoxy) is 3. The first-order valence-electron chi connectivity index (χ1n) is 6.15. The lowest BCUT2D eigenvalue weighted by molar-refractivity contribution is -0.126. The lowest BCUT2D eigenvalue weighted by Gasteiger charge is -2.19. The van der Waals surface area contributed by atoms with E-state index in [-0.39, 0.29) is 12.5 Å². The predicted molar refractivity (Wildman–Crippen MR) is 69.9 cm³/mol. The molecule has 112 valence electrons. The van der Waals surface area contributed by atoms with Crippen molar-refractivity contribution in [3.05, 3.63) is 0 Å². The molecule has 7 heteroatoms. The standard InChI is InChI=1S/C12H24N2O5/c1-12(2,3)19-11(16)14-6-5-13-10(15)9-18-8-7-17-4/h5-9H2,1-4H3,(H,13,15)(H,14,16). The molecule has 0 bridgehead atoms. The zero-order chi connectivity index (χ0) is 14.7. The molecule has 0 unspecified atom stereocenters. The van der Waals surface area contributed by atoms with Gasteiger partial charge in [-0.1, -0.05) is 0 Å². The molecule has 19 heavy (non-hydrogen) atoms. The molecule has 0 aliphatic heterocycles. The molecule has 2 amide bonds. The molecule has 0 spiro atoms. The highest BCUT2D eigenvalue weighted by Gasteiger charge is 2.15. The summed E-state index contributed by atoms with van der Waals surface area (Å²) in [6, 6.07) is 0. The Kier molecular flexibility index (Phi) is 8.90. The number of amides is 2. The lowest BCUT2D eigenvalue weighted by atomic mass is 10.2. The van der Waals surface area contributed by atoms with Crippen LogP contribution in [-0.2, 0) is 19.0 Å². The zero-order valence-electron chi connectivity index (χ0n) is 12.1. The van der Waals surface area contributed by atoms with E-state index in [2.05, 4.69) is 10.6 Å². The Hall–Kier alpha value is -1.34. The van der Waals surface area contributed by atoms with E-state index in [0.29, 0.717) is 26.3 Å². The third kappa shape index (κ3) is 12.9. The summed E-state index contributed by atoms with van der Waals surface area (Å²) in [7, 11) is 1.56. The van der Waals surface area contributed by atoms with Crippen molar-refractivity contribution in [2.75, 3.05) is 40.0 Å². The second-order valence-corrected chi connectivity index (χ2v) is 4.82. The zero-order valence-corrected chi connectivity index (χ0v) is 12.1. The van der Waals surface area contributed by atoms with E-state index < -0.39 is 11.7 Å². The van der Waals surface area contributed by atoms with Gasteiger partial charge in [-0.05, 0) is 20.8 Å². The van der Waals surface area contributed by atoms with E-state index >= 15 is 0 Å². The summed E-state index contributed by atoms with van der Waals surface area (Å²) in [5.74, 6) is -0.234. The van der Waals surface area contributed by atoms with Crippen LogP contribution in [0.25, 0.3) is 0 Å². The molecule has 0 fully saturated rings. The Labute approximate surface area is 114 Å². The minimum atomic E-state index is -0.525. The van der Waals surface area contributed by atoms with Crippen molar-refractivity contribution < 1.29 is 23.8 Å². The minimum absolute atomic E-state index is 0.0181. The Morgan fingerprint density at radius 2 is 1.68 bits per heavy atom. The molecule has 0 aliphatic rings. The van der Waals surface area contributed by atoms with Gasteiger partial charge in [0.25, 0.3) is 0 Å². The third-order valence-corrected chi connectivity index (χ3v) is 1.78. The van der Waals surface area contributed by atoms with Gasteiger partial charge in [0.05, 0.1) is 13.2 Å². The summed E-state index contributed by atoms with van der Waals surface area (Å²) in [5, 5.41) is 5.14. The van der Waals surface area contributed by atoms with Gasteiger partial charge in [0, 0.05) is 20.2 Å². The molecule has 0 radical (unpaired) electrons. The molecule has 0 saturated carbocycles. The second-order valence-electron chi connectivity index (χ2n) is 4.82. The fourth-order valence-corrected chi connectivity index (χ4v) is 1.04. The number of carbonyl (C=O) groups is 2. The first-order chi connectivity index (χ1) is 8.85. The number of nitrogens with one attached hydrogen (secondary N) is 2. The molecular weight excluding hydrogens is 252 g/mol. The average molecular weight is 276 g/mol. The topological polar surface area (TPSA) is 85.9 Å². The Morgan fingerprint density at radius 1 is 1.05 bits per heavy atom. The van der Waals surface area contributed by atoms with E-state index in [9.17, 15) is 9.59 Å². The van der Waals surface area contributed by atoms with Crippen molar-refractivity contribution in [2.45, 2.75) is 26.4 Å². The summed E-state index contributed by atoms with van der Waals surface area (Å²) in [5.41, 5.74) is -0.525. The van der Waals surface area contributed by atoms with Crippen LogP contribution in [0.5, 0.6) is 0 Å². The molecule has 0 aromatic rings. The van der Waals surface area contributed by atoms with Crippen molar-refractivity contribution in [3.8, 4) is 0 Å². The van der Waals surface area contributed by atoms with Crippen LogP contribution < -0.4 is 10.6 Å². The number of methoxy groups -OCH3 is 1. The molecular formula is C12H24N2O5. The number of carbonyl (C=O) groups excluding carboxylic acids is 2. The van der Waals surface area contributed by atoms with E-state index in [0.717, 1.165) is 0 Å². The summed E-state index contributed by atoms with van der Waals surface area (Å²) in [6.07, 6.45) is -0.502. The Morgan fingerprint density at radius 3 is 2.26 bits per heavy atom. The van der Waals surface area contributed by atoms with Crippen LogP contribution in [0.3, 0.4) is 0 Å². The van der Waals surface area contributed by atoms with Gasteiger partial charge in [0.2, 0.25) is 5.91 Å². The summed E-state index contributed by atoms with van der Waals surface area (Å²) in [4.78, 5) is 22.5. The van der Waals surface area contributed by atoms with Gasteiger partial charge in [0.1, 0.15) is 12.2 Å². The molecule has 0 aromatic carbocycles. The van der Waals surface area contributed by atoms with Crippen LogP contribution in [0.4, 0.5) is 4.79 Å². The predicted octanol–water partition coefficient (Wildman–Crippen LogP) is 0.290. The highest BCUT2D eigenvalue weighted by Crippen LogP contribution is 2.05. The summed E-state index contributed by atoms with van der Waals surface area (Å²) >= 11 is 0. The van der Waals surface area contributed by atoms with Gasteiger partial charge < -0.3 is 24.8 Å². The maximum Gasteiger partial charge on any atom is 0.407 e. The molecule has 0 rings (SSSR count). The molecule has 2 N–H and O–H groups in total. The maximum atomic E-state index is 11.3. The van der Waals surface area contributed by atoms with Gasteiger partial charge in [-0.15, -0.1) is 0 Å². The quantitative estimate of drug-likeness (QED) is 0.622. The molecule has 0 aliphatic carbocycles. The largest absolute Gasteiger partial charge is 0.444 e. The van der Waals surface area contributed by atoms with E-state index in [1.54, 1.807) is 27.9 Å². The van der Waals surface area contributed by atoms with Crippen molar-refractivity contribution in [3.63, 3.8) is 0 Å². The lowest BCUT2D eigenvalue weighted by Crippen LogP contribution is -2.38. The first kappa shape index (κ1) is 17.7. The third-order valence-electron chi connectivity index (χ3n) is 1.78. The Bertz CT molecular complexity index is 276. The van der Waals surface area contributed by atoms with E-state index in [1.165, 1.54) is 0 Å². The van der Waals surface area contributed by atoms with Crippen LogP contribution in [0.15, 0.2) is 0 Å². The molecule has 0 atom stereocenters. The fourth-order valence-electron chi connectivity index (χ4n) is 1.04. The summed E-state index contributed by atoms with van der Waals surface area (Å²) in [6.45, 7) is 6.79. The second kappa shape index (κ2) is 9.57. The van der Waals surface area contributed by atoms with Crippen LogP contribution in [-0.4, -0.2) is 57.6 Å². The smallest absolute Gasteiger partial charge is 0.407 e. The normalized spacial score (nSPS) is 10.9. The van der Waals surface area contributed by atoms with E-state index in [4.69, 9.17) is 14.2 Å². The minimum Gasteiger partial charge on any atom is -0.444 e. The van der Waals surface area contributed by atoms with Crippen molar-refractivity contribution in [2.24, 2.45) is 0 Å². The van der Waals surface area contributed by atoms with Crippen molar-refractivity contribution in [1.82, 2.24) is 10.6 Å². The molecule has 0 heterocycles. The van der Waals surface area contributed by atoms with E-state index in [1.807, 2.05) is 0 Å². The number of hydrogen-bond donors (Lipinski definition) is 2. The average Bonchev–Trinajstić information content (AvgIpc) is 2.28. The highest BCUT2D eigenvalue weighted by atomic mass is 16.6. The van der Waals surface area contributed by atoms with Crippen LogP contribution in [0.2, 0.25) is 0 Å². The van der Waals surface area contributed by atoms with Crippen molar-refractivity contribution in [1.29, 1.82) is 0 Å². The van der Waals surface area contributed by atoms with Gasteiger partial charge >= 0.3 is 6.09 Å². The van der Waals surface area contributed by atoms with Gasteiger partial charge in [0.15, 0.2) is 0 Å². The fraction of sp³-hybridized carbons (Fsp3) is 0.833. The Balaban J connectivity index is 3.48. The maximum absolute atomic E-state index is 11.3. The highest BCUT2D eigenvalue weighted by molar-refractivity contribution is 5.77. The molecule has 0 saturated heterocycles. The van der Waals surface area contributed by atoms with Crippen molar-refractivity contribution >= 4 is 12.0 Å². The number of alkyl carbamates (subject to hydrolysis) is 1.